The third kappa shape index (κ3) is 6.16. The van der Waals surface area contributed by atoms with E-state index >= 15 is 0 Å². The van der Waals surface area contributed by atoms with Gasteiger partial charge in [-0.3, -0.25) is 15.1 Å². The molecule has 0 fully saturated rings. The summed E-state index contributed by atoms with van der Waals surface area (Å²) in [6.45, 7) is 1.95. The van der Waals surface area contributed by atoms with E-state index in [0.717, 1.165) is 17.7 Å². The van der Waals surface area contributed by atoms with Crippen LogP contribution >= 0.6 is 24.6 Å². The molecule has 1 aromatic heterocycles. The van der Waals surface area contributed by atoms with Crippen LogP contribution in [0.15, 0.2) is 73.1 Å². The molecule has 2 aromatic carbocycles. The van der Waals surface area contributed by atoms with Crippen LogP contribution in [0.3, 0.4) is 0 Å². The number of halogens is 1. The Bertz CT molecular complexity index is 914. The summed E-state index contributed by atoms with van der Waals surface area (Å²) in [5.74, 6) is -0.222. The van der Waals surface area contributed by atoms with E-state index in [4.69, 9.17) is 12.2 Å². The number of thiocarbonyl (C=S) groups is 1. The van der Waals surface area contributed by atoms with Crippen LogP contribution in [0, 0.1) is 6.92 Å². The van der Waals surface area contributed by atoms with Crippen LogP contribution in [-0.2, 0) is 6.42 Å². The number of carbonyl (C=O) groups excluding carboxylic acids is 1. The highest BCUT2D eigenvalue weighted by molar-refractivity contribution is 7.80. The van der Waals surface area contributed by atoms with Crippen molar-refractivity contribution in [3.8, 4) is 0 Å². The predicted octanol–water partition coefficient (Wildman–Crippen LogP) is 4.53. The van der Waals surface area contributed by atoms with Crippen molar-refractivity contribution in [2.45, 2.75) is 13.3 Å². The van der Waals surface area contributed by atoms with E-state index in [1.165, 1.54) is 11.1 Å². The number of nitrogens with one attached hydrogen (secondary N) is 2. The van der Waals surface area contributed by atoms with Crippen molar-refractivity contribution in [2.75, 3.05) is 5.32 Å². The maximum absolute atomic E-state index is 12.2. The van der Waals surface area contributed by atoms with Crippen LogP contribution in [-0.4, -0.2) is 16.0 Å². The first kappa shape index (κ1) is 20.6. The first-order valence-electron chi connectivity index (χ1n) is 8.27. The molecule has 0 aliphatic rings. The summed E-state index contributed by atoms with van der Waals surface area (Å²) in [6.07, 6.45) is 4.43. The number of nitrogens with zero attached hydrogens (tertiary/aromatic N) is 1. The van der Waals surface area contributed by atoms with Crippen molar-refractivity contribution in [2.24, 2.45) is 0 Å². The van der Waals surface area contributed by atoms with E-state index in [9.17, 15) is 4.79 Å². The Morgan fingerprint density at radius 2 is 1.67 bits per heavy atom. The van der Waals surface area contributed by atoms with Gasteiger partial charge in [0.2, 0.25) is 0 Å². The van der Waals surface area contributed by atoms with Crippen molar-refractivity contribution in [1.82, 2.24) is 10.3 Å². The Kier molecular flexibility index (Phi) is 7.46. The second-order valence-corrected chi connectivity index (χ2v) is 6.42. The largest absolute Gasteiger partial charge is 0.332 e. The van der Waals surface area contributed by atoms with E-state index in [1.54, 1.807) is 18.5 Å². The lowest BCUT2D eigenvalue weighted by atomic mass is 10.1. The van der Waals surface area contributed by atoms with Gasteiger partial charge < -0.3 is 5.32 Å². The van der Waals surface area contributed by atoms with Gasteiger partial charge in [-0.1, -0.05) is 29.8 Å². The lowest BCUT2D eigenvalue weighted by Gasteiger charge is -2.10. The molecule has 2 N–H and O–H groups in total. The lowest BCUT2D eigenvalue weighted by Crippen LogP contribution is -2.34. The maximum atomic E-state index is 12.2. The molecule has 4 nitrogen and oxygen atoms in total. The first-order valence-corrected chi connectivity index (χ1v) is 8.68. The van der Waals surface area contributed by atoms with Crippen LogP contribution in [0.25, 0.3) is 0 Å². The maximum Gasteiger partial charge on any atom is 0.257 e. The van der Waals surface area contributed by atoms with E-state index in [-0.39, 0.29) is 23.4 Å². The molecular weight excluding hydrogens is 378 g/mol. The van der Waals surface area contributed by atoms with E-state index in [2.05, 4.69) is 15.6 Å². The highest BCUT2D eigenvalue weighted by Gasteiger charge is 2.08. The Labute approximate surface area is 170 Å². The second-order valence-electron chi connectivity index (χ2n) is 6.01. The quantitative estimate of drug-likeness (QED) is 0.635. The summed E-state index contributed by atoms with van der Waals surface area (Å²) in [5.41, 5.74) is 4.85. The number of carbonyl (C=O) groups is 1. The lowest BCUT2D eigenvalue weighted by molar-refractivity contribution is 0.0977. The molecule has 0 aliphatic carbocycles. The number of hydrogen-bond donors (Lipinski definition) is 2. The Morgan fingerprint density at radius 3 is 2.33 bits per heavy atom. The second kappa shape index (κ2) is 9.80. The molecule has 0 spiro atoms. The van der Waals surface area contributed by atoms with Crippen LogP contribution in [0.1, 0.15) is 27.0 Å². The standard InChI is InChI=1S/C21H19N3OS.ClH/c1-15-3-2-4-18(13-15)20(25)24-21(26)23-19-7-5-16(6-8-19)14-17-9-11-22-12-10-17;/h2-13H,14H2,1H3,(H2,23,24,25,26);1H. The molecule has 1 amide bonds. The zero-order valence-electron chi connectivity index (χ0n) is 14.8. The number of aromatic nitrogens is 1. The zero-order valence-corrected chi connectivity index (χ0v) is 16.4. The fraction of sp³-hybridized carbons (Fsp3) is 0.0952. The molecule has 6 heteroatoms. The van der Waals surface area contributed by atoms with Gasteiger partial charge in [0.15, 0.2) is 5.11 Å². The summed E-state index contributed by atoms with van der Waals surface area (Å²) in [7, 11) is 0. The molecule has 0 saturated heterocycles. The topological polar surface area (TPSA) is 54.0 Å². The number of anilines is 1. The Balaban J connectivity index is 0.00000261. The minimum Gasteiger partial charge on any atom is -0.332 e. The molecule has 1 heterocycles. The number of hydrogen-bond acceptors (Lipinski definition) is 3. The molecular formula is C21H20ClN3OS. The van der Waals surface area contributed by atoms with Gasteiger partial charge in [0.05, 0.1) is 0 Å². The van der Waals surface area contributed by atoms with E-state index in [0.29, 0.717) is 5.56 Å². The van der Waals surface area contributed by atoms with Gasteiger partial charge in [-0.15, -0.1) is 12.4 Å². The molecule has 0 aliphatic heterocycles. The molecule has 0 bridgehead atoms. The van der Waals surface area contributed by atoms with Crippen LogP contribution in [0.5, 0.6) is 0 Å². The molecule has 3 aromatic rings. The number of amides is 1. The molecule has 0 radical (unpaired) electrons. The summed E-state index contributed by atoms with van der Waals surface area (Å²) in [4.78, 5) is 16.2. The molecule has 27 heavy (non-hydrogen) atoms. The van der Waals surface area contributed by atoms with Crippen molar-refractivity contribution in [3.05, 3.63) is 95.3 Å². The zero-order chi connectivity index (χ0) is 18.4. The number of benzene rings is 2. The van der Waals surface area contributed by atoms with Crippen LogP contribution in [0.4, 0.5) is 5.69 Å². The molecule has 0 saturated carbocycles. The first-order chi connectivity index (χ1) is 12.6. The van der Waals surface area contributed by atoms with Gasteiger partial charge in [-0.25, -0.2) is 0 Å². The predicted molar refractivity (Wildman–Crippen MR) is 116 cm³/mol. The minimum absolute atomic E-state index is 0. The van der Waals surface area contributed by atoms with Crippen LogP contribution in [0.2, 0.25) is 0 Å². The van der Waals surface area contributed by atoms with Gasteiger partial charge in [-0.2, -0.15) is 0 Å². The third-order valence-electron chi connectivity index (χ3n) is 3.88. The van der Waals surface area contributed by atoms with Crippen molar-refractivity contribution >= 4 is 41.3 Å². The van der Waals surface area contributed by atoms with Crippen molar-refractivity contribution in [1.29, 1.82) is 0 Å². The molecule has 0 atom stereocenters. The van der Waals surface area contributed by atoms with Gasteiger partial charge >= 0.3 is 0 Å². The average Bonchev–Trinajstić information content (AvgIpc) is 2.64. The van der Waals surface area contributed by atoms with E-state index < -0.39 is 0 Å². The van der Waals surface area contributed by atoms with E-state index in [1.807, 2.05) is 61.5 Å². The van der Waals surface area contributed by atoms with Crippen molar-refractivity contribution in [3.63, 3.8) is 0 Å². The smallest absolute Gasteiger partial charge is 0.257 e. The average molecular weight is 398 g/mol. The van der Waals surface area contributed by atoms with Gasteiger partial charge in [-0.05, 0) is 73.1 Å². The van der Waals surface area contributed by atoms with Crippen molar-refractivity contribution < 1.29 is 4.79 Å². The number of pyridine rings is 1. The summed E-state index contributed by atoms with van der Waals surface area (Å²) in [5, 5.41) is 6.01. The Hall–Kier alpha value is -2.76. The highest BCUT2D eigenvalue weighted by Crippen LogP contribution is 2.13. The SMILES string of the molecule is Cc1cccc(C(=O)NC(=S)Nc2ccc(Cc3ccncc3)cc2)c1.Cl. The Morgan fingerprint density at radius 1 is 1.00 bits per heavy atom. The number of aryl methyl sites for hydroxylation is 1. The summed E-state index contributed by atoms with van der Waals surface area (Å²) >= 11 is 5.23. The molecule has 3 rings (SSSR count). The van der Waals surface area contributed by atoms with Gasteiger partial charge in [0, 0.05) is 23.6 Å². The minimum atomic E-state index is -0.222. The van der Waals surface area contributed by atoms with Gasteiger partial charge in [0.1, 0.15) is 0 Å². The summed E-state index contributed by atoms with van der Waals surface area (Å²) < 4.78 is 0. The highest BCUT2D eigenvalue weighted by atomic mass is 35.5. The monoisotopic (exact) mass is 397 g/mol. The number of rotatable bonds is 4. The van der Waals surface area contributed by atoms with Crippen LogP contribution < -0.4 is 10.6 Å². The molecule has 0 unspecified atom stereocenters. The fourth-order valence-electron chi connectivity index (χ4n) is 2.57. The summed E-state index contributed by atoms with van der Waals surface area (Å²) in [6, 6.07) is 19.4. The fourth-order valence-corrected chi connectivity index (χ4v) is 2.78. The normalized spacial score (nSPS) is 9.81. The third-order valence-corrected chi connectivity index (χ3v) is 4.08. The molecule has 138 valence electrons. The van der Waals surface area contributed by atoms with Gasteiger partial charge in [0.25, 0.3) is 5.91 Å².